The van der Waals surface area contributed by atoms with Gasteiger partial charge in [-0.05, 0) is 19.3 Å². The average Bonchev–Trinajstić information content (AvgIpc) is 3.15. The van der Waals surface area contributed by atoms with E-state index in [2.05, 4.69) is 42.4 Å². The molecule has 32 heavy (non-hydrogen) atoms. The van der Waals surface area contributed by atoms with Gasteiger partial charge in [-0.2, -0.15) is 0 Å². The molecule has 0 radical (unpaired) electrons. The third-order valence-electron chi connectivity index (χ3n) is 7.22. The Labute approximate surface area is 202 Å². The van der Waals surface area contributed by atoms with E-state index in [9.17, 15) is 0 Å². The van der Waals surface area contributed by atoms with Crippen LogP contribution in [0, 0.1) is 0 Å². The van der Waals surface area contributed by atoms with Crippen LogP contribution >= 0.6 is 0 Å². The molecule has 188 valence electrons. The minimum atomic E-state index is 1.21. The van der Waals surface area contributed by atoms with E-state index in [1.54, 1.807) is 0 Å². The second-order valence-corrected chi connectivity index (χ2v) is 10.3. The van der Waals surface area contributed by atoms with Gasteiger partial charge in [-0.3, -0.25) is 0 Å². The standard InChI is InChI=1S/C30H59N2/c1-4-6-8-10-12-13-14-15-16-17-18-19-21-23-25-27-32-29-28-31(3)30(32)26-24-22-20-11-9-7-5-2/h28-29H,4-27H2,1-3H3/q+1. The van der Waals surface area contributed by atoms with E-state index in [0.717, 1.165) is 0 Å². The fourth-order valence-corrected chi connectivity index (χ4v) is 4.97. The Hall–Kier alpha value is -0.790. The minimum Gasteiger partial charge on any atom is -0.237 e. The highest BCUT2D eigenvalue weighted by Crippen LogP contribution is 2.14. The maximum absolute atomic E-state index is 2.53. The molecule has 0 aliphatic rings. The predicted octanol–water partition coefficient (Wildman–Crippen LogP) is 9.48. The first-order valence-corrected chi connectivity index (χ1v) is 14.8. The summed E-state index contributed by atoms with van der Waals surface area (Å²) in [6.45, 7) is 5.81. The van der Waals surface area contributed by atoms with Crippen molar-refractivity contribution in [2.75, 3.05) is 0 Å². The summed E-state index contributed by atoms with van der Waals surface area (Å²) in [4.78, 5) is 0. The van der Waals surface area contributed by atoms with Crippen LogP contribution in [-0.4, -0.2) is 4.57 Å². The van der Waals surface area contributed by atoms with E-state index in [1.807, 2.05) is 0 Å². The van der Waals surface area contributed by atoms with Gasteiger partial charge >= 0.3 is 0 Å². The third-order valence-corrected chi connectivity index (χ3v) is 7.22. The summed E-state index contributed by atoms with van der Waals surface area (Å²) >= 11 is 0. The van der Waals surface area contributed by atoms with Crippen LogP contribution in [0.3, 0.4) is 0 Å². The van der Waals surface area contributed by atoms with Gasteiger partial charge in [0.2, 0.25) is 0 Å². The molecule has 0 N–H and O–H groups in total. The topological polar surface area (TPSA) is 8.81 Å². The van der Waals surface area contributed by atoms with Crippen LogP contribution in [0.1, 0.15) is 161 Å². The molecule has 1 rings (SSSR count). The number of hydrogen-bond donors (Lipinski definition) is 0. The fraction of sp³-hybridized carbons (Fsp3) is 0.900. The summed E-state index contributed by atoms with van der Waals surface area (Å²) < 4.78 is 4.88. The minimum absolute atomic E-state index is 1.21. The fourth-order valence-electron chi connectivity index (χ4n) is 4.97. The summed E-state index contributed by atoms with van der Waals surface area (Å²) in [6, 6.07) is 0. The Bertz CT molecular complexity index is 505. The van der Waals surface area contributed by atoms with E-state index in [1.165, 1.54) is 160 Å². The lowest BCUT2D eigenvalue weighted by Crippen LogP contribution is -2.37. The second-order valence-electron chi connectivity index (χ2n) is 10.3. The normalized spacial score (nSPS) is 11.5. The van der Waals surface area contributed by atoms with Crippen molar-refractivity contribution in [2.24, 2.45) is 7.05 Å². The van der Waals surface area contributed by atoms with Gasteiger partial charge in [0.1, 0.15) is 12.4 Å². The van der Waals surface area contributed by atoms with Crippen LogP contribution < -0.4 is 4.57 Å². The van der Waals surface area contributed by atoms with Crippen molar-refractivity contribution in [3.8, 4) is 0 Å². The zero-order valence-electron chi connectivity index (χ0n) is 22.5. The first-order valence-electron chi connectivity index (χ1n) is 14.8. The quantitative estimate of drug-likeness (QED) is 0.110. The van der Waals surface area contributed by atoms with Gasteiger partial charge in [0.25, 0.3) is 5.82 Å². The number of rotatable bonds is 24. The number of imidazole rings is 1. The molecule has 0 fully saturated rings. The van der Waals surface area contributed by atoms with Crippen LogP contribution in [0.25, 0.3) is 0 Å². The molecule has 0 bridgehead atoms. The van der Waals surface area contributed by atoms with E-state index in [-0.39, 0.29) is 0 Å². The van der Waals surface area contributed by atoms with E-state index < -0.39 is 0 Å². The van der Waals surface area contributed by atoms with Crippen LogP contribution in [0.4, 0.5) is 0 Å². The Morgan fingerprint density at radius 1 is 0.531 bits per heavy atom. The molecule has 1 heterocycles. The van der Waals surface area contributed by atoms with E-state index >= 15 is 0 Å². The van der Waals surface area contributed by atoms with E-state index in [4.69, 9.17) is 0 Å². The van der Waals surface area contributed by atoms with Crippen molar-refractivity contribution < 1.29 is 4.57 Å². The van der Waals surface area contributed by atoms with Crippen molar-refractivity contribution in [2.45, 2.75) is 168 Å². The second kappa shape index (κ2) is 22.0. The van der Waals surface area contributed by atoms with Gasteiger partial charge in [0.05, 0.1) is 13.6 Å². The molecular weight excluding hydrogens is 388 g/mol. The summed E-state index contributed by atoms with van der Waals surface area (Å²) in [6.07, 6.45) is 37.2. The lowest BCUT2D eigenvalue weighted by Gasteiger charge is -2.05. The van der Waals surface area contributed by atoms with Crippen molar-refractivity contribution >= 4 is 0 Å². The average molecular weight is 448 g/mol. The number of unbranched alkanes of at least 4 members (excludes halogenated alkanes) is 20. The highest BCUT2D eigenvalue weighted by atomic mass is 15.1. The number of nitrogens with zero attached hydrogens (tertiary/aromatic N) is 2. The number of hydrogen-bond acceptors (Lipinski definition) is 0. The van der Waals surface area contributed by atoms with Gasteiger partial charge in [0.15, 0.2) is 0 Å². The molecule has 0 aromatic carbocycles. The van der Waals surface area contributed by atoms with Crippen molar-refractivity contribution in [3.63, 3.8) is 0 Å². The molecule has 0 saturated heterocycles. The molecule has 1 aromatic rings. The molecule has 0 aliphatic heterocycles. The van der Waals surface area contributed by atoms with Gasteiger partial charge in [-0.15, -0.1) is 0 Å². The van der Waals surface area contributed by atoms with Gasteiger partial charge in [-0.25, -0.2) is 9.13 Å². The van der Waals surface area contributed by atoms with Crippen LogP contribution in [0.2, 0.25) is 0 Å². The zero-order valence-corrected chi connectivity index (χ0v) is 22.5. The Kier molecular flexibility index (Phi) is 20.1. The largest absolute Gasteiger partial charge is 0.256 e. The maximum atomic E-state index is 2.53. The Balaban J connectivity index is 1.94. The molecule has 0 spiro atoms. The van der Waals surface area contributed by atoms with E-state index in [0.29, 0.717) is 0 Å². The zero-order chi connectivity index (χ0) is 23.1. The first-order chi connectivity index (χ1) is 15.8. The van der Waals surface area contributed by atoms with Gasteiger partial charge < -0.3 is 0 Å². The summed E-state index contributed by atoms with van der Waals surface area (Å²) in [5, 5.41) is 0. The summed E-state index contributed by atoms with van der Waals surface area (Å²) in [5.74, 6) is 1.53. The molecule has 2 nitrogen and oxygen atoms in total. The van der Waals surface area contributed by atoms with Gasteiger partial charge in [-0.1, -0.05) is 136 Å². The molecule has 2 heteroatoms. The molecule has 0 aliphatic carbocycles. The molecule has 0 atom stereocenters. The maximum Gasteiger partial charge on any atom is 0.256 e. The molecule has 0 saturated carbocycles. The van der Waals surface area contributed by atoms with Crippen molar-refractivity contribution in [1.29, 1.82) is 0 Å². The highest BCUT2D eigenvalue weighted by molar-refractivity contribution is 4.82. The number of aryl methyl sites for hydroxylation is 2. The highest BCUT2D eigenvalue weighted by Gasteiger charge is 2.13. The number of aromatic nitrogens is 2. The lowest BCUT2D eigenvalue weighted by atomic mass is 10.0. The van der Waals surface area contributed by atoms with Crippen LogP contribution in [0.5, 0.6) is 0 Å². The van der Waals surface area contributed by atoms with Gasteiger partial charge in [0, 0.05) is 6.42 Å². The third kappa shape index (κ3) is 15.9. The SMILES string of the molecule is CCCCCCCCCCCCCCCCC[n+]1ccn(C)c1CCCCCCCCC. The van der Waals surface area contributed by atoms with Crippen molar-refractivity contribution in [3.05, 3.63) is 18.2 Å². The Morgan fingerprint density at radius 2 is 0.906 bits per heavy atom. The summed E-state index contributed by atoms with van der Waals surface area (Å²) in [7, 11) is 2.22. The van der Waals surface area contributed by atoms with Crippen LogP contribution in [0.15, 0.2) is 12.4 Å². The van der Waals surface area contributed by atoms with Crippen molar-refractivity contribution in [1.82, 2.24) is 4.57 Å². The monoisotopic (exact) mass is 447 g/mol. The summed E-state index contributed by atoms with van der Waals surface area (Å²) in [5.41, 5.74) is 0. The Morgan fingerprint density at radius 3 is 1.34 bits per heavy atom. The lowest BCUT2D eigenvalue weighted by molar-refractivity contribution is -0.704. The van der Waals surface area contributed by atoms with Crippen LogP contribution in [-0.2, 0) is 20.0 Å². The molecule has 1 aromatic heterocycles. The first kappa shape index (κ1) is 29.2. The molecule has 0 amide bonds. The predicted molar refractivity (Wildman–Crippen MR) is 142 cm³/mol. The smallest absolute Gasteiger partial charge is 0.237 e. The molecule has 0 unspecified atom stereocenters. The molecular formula is C30H59N2+.